The van der Waals surface area contributed by atoms with E-state index in [0.29, 0.717) is 11.3 Å². The van der Waals surface area contributed by atoms with Crippen molar-refractivity contribution in [2.75, 3.05) is 5.32 Å². The molecule has 2 nitrogen and oxygen atoms in total. The molecule has 0 spiro atoms. The topological polar surface area (TPSA) is 35.8 Å². The number of nitrogens with zero attached hydrogens (tertiary/aromatic N) is 1. The molecule has 18 heavy (non-hydrogen) atoms. The highest BCUT2D eigenvalue weighted by Crippen LogP contribution is 2.23. The zero-order chi connectivity index (χ0) is 13.1. The summed E-state index contributed by atoms with van der Waals surface area (Å²) in [5, 5.41) is 11.6. The van der Waals surface area contributed by atoms with Crippen molar-refractivity contribution in [1.82, 2.24) is 0 Å². The highest BCUT2D eigenvalue weighted by Gasteiger charge is 2.08. The van der Waals surface area contributed by atoms with Gasteiger partial charge in [0.05, 0.1) is 17.3 Å². The van der Waals surface area contributed by atoms with Gasteiger partial charge in [0, 0.05) is 5.69 Å². The third-order valence-corrected chi connectivity index (χ3v) is 2.58. The normalized spacial score (nSPS) is 9.89. The molecule has 0 atom stereocenters. The number of aryl methyl sites for hydroxylation is 1. The number of hydrogen-bond acceptors (Lipinski definition) is 2. The first-order chi connectivity index (χ1) is 8.61. The summed E-state index contributed by atoms with van der Waals surface area (Å²) in [5.41, 5.74) is 2.01. The van der Waals surface area contributed by atoms with Crippen LogP contribution in [0.2, 0.25) is 0 Å². The smallest absolute Gasteiger partial charge is 0.182 e. The molecule has 0 aliphatic rings. The SMILES string of the molecule is Cc1cc(Nc2cccc(F)c2F)ccc1C#N. The molecule has 90 valence electrons. The first-order valence-corrected chi connectivity index (χ1v) is 5.33. The number of anilines is 2. The fourth-order valence-corrected chi connectivity index (χ4v) is 1.62. The Hall–Kier alpha value is -2.41. The molecule has 2 aromatic rings. The van der Waals surface area contributed by atoms with Crippen LogP contribution in [0.5, 0.6) is 0 Å². The van der Waals surface area contributed by atoms with Crippen molar-refractivity contribution in [2.24, 2.45) is 0 Å². The Morgan fingerprint density at radius 3 is 2.61 bits per heavy atom. The second kappa shape index (κ2) is 4.84. The summed E-state index contributed by atoms with van der Waals surface area (Å²) in [7, 11) is 0. The first-order valence-electron chi connectivity index (χ1n) is 5.33. The lowest BCUT2D eigenvalue weighted by atomic mass is 10.1. The molecule has 0 saturated heterocycles. The lowest BCUT2D eigenvalue weighted by Gasteiger charge is -2.09. The van der Waals surface area contributed by atoms with Crippen molar-refractivity contribution in [3.8, 4) is 6.07 Å². The minimum absolute atomic E-state index is 0.0686. The fraction of sp³-hybridized carbons (Fsp3) is 0.0714. The Bertz CT molecular complexity index is 630. The molecular weight excluding hydrogens is 234 g/mol. The Labute approximate surface area is 103 Å². The summed E-state index contributed by atoms with van der Waals surface area (Å²) >= 11 is 0. The van der Waals surface area contributed by atoms with Crippen LogP contribution in [-0.4, -0.2) is 0 Å². The van der Waals surface area contributed by atoms with Crippen molar-refractivity contribution >= 4 is 11.4 Å². The van der Waals surface area contributed by atoms with Crippen LogP contribution in [0.25, 0.3) is 0 Å². The lowest BCUT2D eigenvalue weighted by molar-refractivity contribution is 0.512. The second-order valence-corrected chi connectivity index (χ2v) is 3.87. The standard InChI is InChI=1S/C14H10F2N2/c1-9-7-11(6-5-10(9)8-17)18-13-4-2-3-12(15)14(13)16/h2-7,18H,1H3. The molecule has 0 radical (unpaired) electrons. The molecule has 2 rings (SSSR count). The molecule has 0 aromatic heterocycles. The summed E-state index contributed by atoms with van der Waals surface area (Å²) in [5.74, 6) is -1.81. The van der Waals surface area contributed by atoms with Gasteiger partial charge in [0.25, 0.3) is 0 Å². The van der Waals surface area contributed by atoms with Crippen molar-refractivity contribution in [3.05, 3.63) is 59.2 Å². The van der Waals surface area contributed by atoms with Gasteiger partial charge in [-0.1, -0.05) is 6.07 Å². The molecule has 0 fully saturated rings. The van der Waals surface area contributed by atoms with Gasteiger partial charge in [0.2, 0.25) is 0 Å². The van der Waals surface area contributed by atoms with E-state index in [4.69, 9.17) is 5.26 Å². The first kappa shape index (κ1) is 12.1. The van der Waals surface area contributed by atoms with Crippen LogP contribution in [0.4, 0.5) is 20.2 Å². The molecule has 0 aliphatic heterocycles. The number of nitriles is 1. The Morgan fingerprint density at radius 1 is 1.17 bits per heavy atom. The quantitative estimate of drug-likeness (QED) is 0.869. The second-order valence-electron chi connectivity index (χ2n) is 3.87. The predicted octanol–water partition coefficient (Wildman–Crippen LogP) is 3.89. The zero-order valence-electron chi connectivity index (χ0n) is 9.67. The summed E-state index contributed by atoms with van der Waals surface area (Å²) in [6.07, 6.45) is 0. The van der Waals surface area contributed by atoms with Crippen molar-refractivity contribution < 1.29 is 8.78 Å². The number of hydrogen-bond donors (Lipinski definition) is 1. The summed E-state index contributed by atoms with van der Waals surface area (Å²) in [6.45, 7) is 1.78. The average Bonchev–Trinajstić information content (AvgIpc) is 2.35. The Balaban J connectivity index is 2.32. The maximum atomic E-state index is 13.4. The van der Waals surface area contributed by atoms with Gasteiger partial charge in [-0.05, 0) is 42.8 Å². The van der Waals surface area contributed by atoms with Crippen LogP contribution in [0.15, 0.2) is 36.4 Å². The van der Waals surface area contributed by atoms with Gasteiger partial charge < -0.3 is 5.32 Å². The van der Waals surface area contributed by atoms with E-state index >= 15 is 0 Å². The Kier molecular flexibility index (Phi) is 3.24. The van der Waals surface area contributed by atoms with Gasteiger partial charge in [-0.2, -0.15) is 5.26 Å². The van der Waals surface area contributed by atoms with Gasteiger partial charge in [-0.15, -0.1) is 0 Å². The molecule has 4 heteroatoms. The maximum Gasteiger partial charge on any atom is 0.182 e. The van der Waals surface area contributed by atoms with Crippen LogP contribution in [0.3, 0.4) is 0 Å². The van der Waals surface area contributed by atoms with Gasteiger partial charge >= 0.3 is 0 Å². The molecular formula is C14H10F2N2. The predicted molar refractivity (Wildman–Crippen MR) is 65.5 cm³/mol. The third kappa shape index (κ3) is 2.30. The van der Waals surface area contributed by atoms with Crippen LogP contribution < -0.4 is 5.32 Å². The van der Waals surface area contributed by atoms with Crippen LogP contribution in [0.1, 0.15) is 11.1 Å². The van der Waals surface area contributed by atoms with E-state index in [1.54, 1.807) is 25.1 Å². The minimum Gasteiger partial charge on any atom is -0.353 e. The number of nitrogens with one attached hydrogen (secondary N) is 1. The van der Waals surface area contributed by atoms with E-state index in [9.17, 15) is 8.78 Å². The van der Waals surface area contributed by atoms with E-state index < -0.39 is 11.6 Å². The van der Waals surface area contributed by atoms with Crippen LogP contribution in [0, 0.1) is 29.9 Å². The number of rotatable bonds is 2. The van der Waals surface area contributed by atoms with E-state index in [0.717, 1.165) is 11.6 Å². The number of benzene rings is 2. The zero-order valence-corrected chi connectivity index (χ0v) is 9.67. The molecule has 0 bridgehead atoms. The van der Waals surface area contributed by atoms with Crippen LogP contribution >= 0.6 is 0 Å². The van der Waals surface area contributed by atoms with Crippen molar-refractivity contribution in [2.45, 2.75) is 6.92 Å². The lowest BCUT2D eigenvalue weighted by Crippen LogP contribution is -1.96. The van der Waals surface area contributed by atoms with Gasteiger partial charge in [-0.3, -0.25) is 0 Å². The third-order valence-electron chi connectivity index (χ3n) is 2.58. The van der Waals surface area contributed by atoms with E-state index in [-0.39, 0.29) is 5.69 Å². The highest BCUT2D eigenvalue weighted by atomic mass is 19.2. The molecule has 2 aromatic carbocycles. The molecule has 0 heterocycles. The summed E-state index contributed by atoms with van der Waals surface area (Å²) in [4.78, 5) is 0. The van der Waals surface area contributed by atoms with E-state index in [2.05, 4.69) is 5.32 Å². The average molecular weight is 244 g/mol. The van der Waals surface area contributed by atoms with Gasteiger partial charge in [-0.25, -0.2) is 8.78 Å². The summed E-state index contributed by atoms with van der Waals surface area (Å²) < 4.78 is 26.5. The molecule has 0 unspecified atom stereocenters. The van der Waals surface area contributed by atoms with E-state index in [1.807, 2.05) is 6.07 Å². The minimum atomic E-state index is -0.917. The van der Waals surface area contributed by atoms with Gasteiger partial charge in [0.15, 0.2) is 11.6 Å². The Morgan fingerprint density at radius 2 is 1.94 bits per heavy atom. The molecule has 0 aliphatic carbocycles. The molecule has 0 amide bonds. The largest absolute Gasteiger partial charge is 0.353 e. The molecule has 0 saturated carbocycles. The number of halogens is 2. The summed E-state index contributed by atoms with van der Waals surface area (Å²) in [6, 6.07) is 11.0. The van der Waals surface area contributed by atoms with E-state index in [1.165, 1.54) is 12.1 Å². The van der Waals surface area contributed by atoms with Crippen LogP contribution in [-0.2, 0) is 0 Å². The molecule has 1 N–H and O–H groups in total. The fourth-order valence-electron chi connectivity index (χ4n) is 1.62. The highest BCUT2D eigenvalue weighted by molar-refractivity contribution is 5.62. The van der Waals surface area contributed by atoms with Crippen molar-refractivity contribution in [1.29, 1.82) is 5.26 Å². The van der Waals surface area contributed by atoms with Crippen molar-refractivity contribution in [3.63, 3.8) is 0 Å². The maximum absolute atomic E-state index is 13.4. The monoisotopic (exact) mass is 244 g/mol. The van der Waals surface area contributed by atoms with Gasteiger partial charge in [0.1, 0.15) is 0 Å².